The van der Waals surface area contributed by atoms with Crippen LogP contribution >= 0.6 is 0 Å². The number of ketones is 1. The van der Waals surface area contributed by atoms with E-state index in [2.05, 4.69) is 16.8 Å². The average molecular weight is 335 g/mol. The van der Waals surface area contributed by atoms with E-state index in [1.807, 2.05) is 24.3 Å². The van der Waals surface area contributed by atoms with Gasteiger partial charge in [-0.25, -0.2) is 0 Å². The molecule has 1 N–H and O–H groups in total. The van der Waals surface area contributed by atoms with E-state index < -0.39 is 5.92 Å². The number of fused-ring (bicyclic) bond motifs is 1. The number of aromatic nitrogens is 3. The molecular formula is C19H17N3O3. The Balaban J connectivity index is 2.09. The molecule has 0 aliphatic carbocycles. The first kappa shape index (κ1) is 16.6. The molecule has 1 heterocycles. The van der Waals surface area contributed by atoms with Gasteiger partial charge >= 0.3 is 0 Å². The number of rotatable bonds is 6. The molecule has 126 valence electrons. The number of nitrogens with zero attached hydrogens (tertiary/aromatic N) is 3. The third-order valence-electron chi connectivity index (χ3n) is 3.97. The second kappa shape index (κ2) is 6.68. The van der Waals surface area contributed by atoms with Crippen molar-refractivity contribution < 1.29 is 14.7 Å². The zero-order valence-corrected chi connectivity index (χ0v) is 13.7. The lowest BCUT2D eigenvalue weighted by molar-refractivity contribution is -0.119. The highest BCUT2D eigenvalue weighted by Crippen LogP contribution is 2.29. The maximum absolute atomic E-state index is 12.3. The monoisotopic (exact) mass is 335 g/mol. The second-order valence-electron chi connectivity index (χ2n) is 5.83. The number of hydrogen-bond donors (Lipinski definition) is 1. The summed E-state index contributed by atoms with van der Waals surface area (Å²) in [6.07, 6.45) is 0.753. The molecule has 0 spiro atoms. The van der Waals surface area contributed by atoms with Crippen molar-refractivity contribution in [2.45, 2.75) is 19.3 Å². The zero-order valence-electron chi connectivity index (χ0n) is 13.7. The number of aromatic hydroxyl groups is 1. The summed E-state index contributed by atoms with van der Waals surface area (Å²) in [5, 5.41) is 18.9. The smallest absolute Gasteiger partial charge is 0.165 e. The molecule has 0 bridgehead atoms. The van der Waals surface area contributed by atoms with Crippen LogP contribution in [0.5, 0.6) is 5.75 Å². The summed E-state index contributed by atoms with van der Waals surface area (Å²) in [6.45, 7) is 5.28. The maximum Gasteiger partial charge on any atom is 0.165 e. The number of phenols is 1. The van der Waals surface area contributed by atoms with Crippen LogP contribution in [0.15, 0.2) is 54.6 Å². The molecular weight excluding hydrogens is 318 g/mol. The molecule has 25 heavy (non-hydrogen) atoms. The Labute approximate surface area is 144 Å². The predicted octanol–water partition coefficient (Wildman–Crippen LogP) is 2.94. The highest BCUT2D eigenvalue weighted by molar-refractivity contribution is 6.00. The van der Waals surface area contributed by atoms with E-state index >= 15 is 0 Å². The summed E-state index contributed by atoms with van der Waals surface area (Å²) in [5.74, 6) is -0.863. The first-order valence-electron chi connectivity index (χ1n) is 7.80. The molecule has 0 aliphatic rings. The van der Waals surface area contributed by atoms with E-state index in [0.717, 1.165) is 0 Å². The molecule has 0 aliphatic heterocycles. The average Bonchev–Trinajstić information content (AvgIpc) is 3.03. The summed E-state index contributed by atoms with van der Waals surface area (Å²) in [6, 6.07) is 12.1. The number of aldehydes is 1. The summed E-state index contributed by atoms with van der Waals surface area (Å²) >= 11 is 0. The molecule has 3 rings (SSSR count). The van der Waals surface area contributed by atoms with Gasteiger partial charge in [0.25, 0.3) is 0 Å². The molecule has 0 fully saturated rings. The molecule has 0 saturated heterocycles. The van der Waals surface area contributed by atoms with Crippen molar-refractivity contribution in [3.8, 4) is 11.4 Å². The minimum absolute atomic E-state index is 0.0170. The van der Waals surface area contributed by atoms with Crippen molar-refractivity contribution in [2.75, 3.05) is 0 Å². The second-order valence-corrected chi connectivity index (χ2v) is 5.83. The molecule has 1 aromatic heterocycles. The van der Waals surface area contributed by atoms with Crippen LogP contribution in [-0.4, -0.2) is 32.2 Å². The standard InChI is InChI=1S/C19H17N3O3/c1-12(2)19(25)14(9-10-23)13-7-8-18(24)17(11-13)22-20-15-5-3-4-6-16(15)21-22/h3-8,10-11,14,24H,1,9H2,2H3. The van der Waals surface area contributed by atoms with Gasteiger partial charge in [-0.2, -0.15) is 0 Å². The fraction of sp³-hybridized carbons (Fsp3) is 0.158. The highest BCUT2D eigenvalue weighted by Gasteiger charge is 2.22. The Kier molecular flexibility index (Phi) is 4.43. The Morgan fingerprint density at radius 3 is 2.44 bits per heavy atom. The Morgan fingerprint density at radius 2 is 1.88 bits per heavy atom. The van der Waals surface area contributed by atoms with E-state index in [-0.39, 0.29) is 18.0 Å². The van der Waals surface area contributed by atoms with Crippen molar-refractivity contribution in [1.29, 1.82) is 0 Å². The molecule has 0 radical (unpaired) electrons. The van der Waals surface area contributed by atoms with Gasteiger partial charge in [0.15, 0.2) is 5.78 Å². The number of carbonyl (C=O) groups is 2. The number of allylic oxidation sites excluding steroid dienone is 1. The number of carbonyl (C=O) groups excluding carboxylic acids is 2. The summed E-state index contributed by atoms with van der Waals surface area (Å²) < 4.78 is 0. The van der Waals surface area contributed by atoms with E-state index in [4.69, 9.17) is 0 Å². The molecule has 3 aromatic rings. The molecule has 6 nitrogen and oxygen atoms in total. The molecule has 0 amide bonds. The molecule has 1 unspecified atom stereocenters. The van der Waals surface area contributed by atoms with Crippen LogP contribution in [0.3, 0.4) is 0 Å². The van der Waals surface area contributed by atoms with Gasteiger partial charge in [-0.1, -0.05) is 24.8 Å². The van der Waals surface area contributed by atoms with Gasteiger partial charge in [0.2, 0.25) is 0 Å². The Morgan fingerprint density at radius 1 is 1.24 bits per heavy atom. The quantitative estimate of drug-likeness (QED) is 0.553. The van der Waals surface area contributed by atoms with Crippen molar-refractivity contribution in [2.24, 2.45) is 0 Å². The fourth-order valence-electron chi connectivity index (χ4n) is 2.67. The number of Topliss-reactive ketones (excluding diaryl/α,β-unsaturated/α-hetero) is 1. The van der Waals surface area contributed by atoms with Crippen LogP contribution in [0.25, 0.3) is 16.7 Å². The van der Waals surface area contributed by atoms with Gasteiger partial charge in [0, 0.05) is 6.42 Å². The van der Waals surface area contributed by atoms with Crippen LogP contribution in [0.1, 0.15) is 24.8 Å². The Bertz CT molecular complexity index is 942. The topological polar surface area (TPSA) is 85.1 Å². The predicted molar refractivity (Wildman–Crippen MR) is 93.8 cm³/mol. The molecule has 0 saturated carbocycles. The largest absolute Gasteiger partial charge is 0.506 e. The summed E-state index contributed by atoms with van der Waals surface area (Å²) in [5.41, 5.74) is 2.71. The van der Waals surface area contributed by atoms with Gasteiger partial charge < -0.3 is 9.90 Å². The molecule has 2 aromatic carbocycles. The first-order chi connectivity index (χ1) is 12.0. The number of benzene rings is 2. The van der Waals surface area contributed by atoms with Crippen LogP contribution in [0.4, 0.5) is 0 Å². The van der Waals surface area contributed by atoms with Crippen molar-refractivity contribution in [1.82, 2.24) is 15.0 Å². The van der Waals surface area contributed by atoms with Crippen molar-refractivity contribution >= 4 is 23.1 Å². The summed E-state index contributed by atoms with van der Waals surface area (Å²) in [4.78, 5) is 24.7. The van der Waals surface area contributed by atoms with E-state index in [0.29, 0.717) is 34.1 Å². The van der Waals surface area contributed by atoms with Crippen LogP contribution < -0.4 is 0 Å². The van der Waals surface area contributed by atoms with Gasteiger partial charge in [-0.15, -0.1) is 15.0 Å². The van der Waals surface area contributed by atoms with Gasteiger partial charge in [-0.05, 0) is 42.3 Å². The zero-order chi connectivity index (χ0) is 18.0. The lowest BCUT2D eigenvalue weighted by atomic mass is 9.89. The van der Waals surface area contributed by atoms with E-state index in [9.17, 15) is 14.7 Å². The minimum atomic E-state index is -0.640. The van der Waals surface area contributed by atoms with Crippen molar-refractivity contribution in [3.05, 3.63) is 60.2 Å². The van der Waals surface area contributed by atoms with Crippen LogP contribution in [0, 0.1) is 0 Å². The number of phenolic OH excluding ortho intramolecular Hbond substituents is 1. The maximum atomic E-state index is 12.3. The normalized spacial score (nSPS) is 12.0. The highest BCUT2D eigenvalue weighted by atomic mass is 16.3. The minimum Gasteiger partial charge on any atom is -0.506 e. The van der Waals surface area contributed by atoms with Crippen LogP contribution in [-0.2, 0) is 9.59 Å². The summed E-state index contributed by atoms with van der Waals surface area (Å²) in [7, 11) is 0. The van der Waals surface area contributed by atoms with E-state index in [1.165, 1.54) is 10.9 Å². The van der Waals surface area contributed by atoms with Gasteiger partial charge in [0.05, 0.1) is 5.92 Å². The lowest BCUT2D eigenvalue weighted by Gasteiger charge is -2.15. The Hall–Kier alpha value is -3.28. The molecule has 6 heteroatoms. The third kappa shape index (κ3) is 3.19. The third-order valence-corrected chi connectivity index (χ3v) is 3.97. The van der Waals surface area contributed by atoms with Gasteiger partial charge in [-0.3, -0.25) is 4.79 Å². The molecule has 1 atom stereocenters. The fourth-order valence-corrected chi connectivity index (χ4v) is 2.67. The number of hydrogen-bond acceptors (Lipinski definition) is 5. The van der Waals surface area contributed by atoms with E-state index in [1.54, 1.807) is 19.1 Å². The van der Waals surface area contributed by atoms with Crippen LogP contribution in [0.2, 0.25) is 0 Å². The van der Waals surface area contributed by atoms with Crippen molar-refractivity contribution in [3.63, 3.8) is 0 Å². The SMILES string of the molecule is C=C(C)C(=O)C(CC=O)c1ccc(O)c(-n2nc3ccccc3n2)c1. The van der Waals surface area contributed by atoms with Gasteiger partial charge in [0.1, 0.15) is 28.8 Å². The first-order valence-corrected chi connectivity index (χ1v) is 7.80. The lowest BCUT2D eigenvalue weighted by Crippen LogP contribution is -2.14.